The van der Waals surface area contributed by atoms with Gasteiger partial charge in [-0.05, 0) is 95.2 Å². The van der Waals surface area contributed by atoms with Gasteiger partial charge in [0.25, 0.3) is 0 Å². The highest BCUT2D eigenvalue weighted by atomic mass is 127. The van der Waals surface area contributed by atoms with Gasteiger partial charge in [0.15, 0.2) is 5.76 Å². The van der Waals surface area contributed by atoms with Crippen LogP contribution in [0.4, 0.5) is 4.39 Å². The number of carbonyl (C=O) groups excluding carboxylic acids is 1. The summed E-state index contributed by atoms with van der Waals surface area (Å²) < 4.78 is 31.0. The molecule has 0 bridgehead atoms. The van der Waals surface area contributed by atoms with E-state index in [0.717, 1.165) is 20.1 Å². The van der Waals surface area contributed by atoms with Gasteiger partial charge in [0.05, 0.1) is 16.4 Å². The molecule has 4 aromatic rings. The normalized spacial score (nSPS) is 11.1. The molecule has 4 rings (SSSR count). The molecule has 33 heavy (non-hydrogen) atoms. The molecule has 0 aliphatic rings. The number of nitrogens with zero attached hydrogens (tertiary/aromatic N) is 1. The summed E-state index contributed by atoms with van der Waals surface area (Å²) in [6.45, 7) is 2.73. The second-order valence-electron chi connectivity index (χ2n) is 7.05. The number of rotatable bonds is 8. The van der Waals surface area contributed by atoms with Crippen molar-refractivity contribution < 1.29 is 23.1 Å². The average molecular weight is 558 g/mol. The van der Waals surface area contributed by atoms with Crippen molar-refractivity contribution in [1.29, 1.82) is 0 Å². The number of furan rings is 1. The Labute approximate surface area is 203 Å². The number of nitrogens with one attached hydrogen (secondary N) is 1. The van der Waals surface area contributed by atoms with E-state index >= 15 is 0 Å². The van der Waals surface area contributed by atoms with Gasteiger partial charge in [-0.1, -0.05) is 12.1 Å². The van der Waals surface area contributed by atoms with Crippen molar-refractivity contribution in [3.05, 3.63) is 93.0 Å². The van der Waals surface area contributed by atoms with Crippen molar-refractivity contribution in [3.63, 3.8) is 0 Å². The van der Waals surface area contributed by atoms with Crippen LogP contribution in [0.2, 0.25) is 0 Å². The maximum atomic E-state index is 13.3. The molecule has 0 atom stereocenters. The highest BCUT2D eigenvalue weighted by Gasteiger charge is 2.12. The largest absolute Gasteiger partial charge is 0.494 e. The Morgan fingerprint density at radius 2 is 2.00 bits per heavy atom. The molecule has 0 saturated heterocycles. The molecule has 0 saturated carbocycles. The van der Waals surface area contributed by atoms with Gasteiger partial charge in [-0.15, -0.1) is 0 Å². The second-order valence-corrected chi connectivity index (χ2v) is 8.21. The van der Waals surface area contributed by atoms with Gasteiger partial charge in [-0.3, -0.25) is 4.79 Å². The summed E-state index contributed by atoms with van der Waals surface area (Å²) >= 11 is 2.15. The summed E-state index contributed by atoms with van der Waals surface area (Å²) in [4.78, 5) is 12.4. The molecule has 0 radical (unpaired) electrons. The number of halogens is 2. The third-order valence-corrected chi connectivity index (χ3v) is 5.48. The molecule has 3 aromatic carbocycles. The summed E-state index contributed by atoms with van der Waals surface area (Å²) in [5.41, 5.74) is 4.59. The lowest BCUT2D eigenvalue weighted by atomic mass is 10.2. The lowest BCUT2D eigenvalue weighted by Crippen LogP contribution is -2.16. The van der Waals surface area contributed by atoms with Crippen LogP contribution < -0.4 is 14.9 Å². The topological polar surface area (TPSA) is 73.1 Å². The smallest absolute Gasteiger partial charge is 0.307 e. The molecule has 0 fully saturated rings. The van der Waals surface area contributed by atoms with Crippen LogP contribution in [-0.2, 0) is 6.61 Å². The minimum Gasteiger partial charge on any atom is -0.494 e. The van der Waals surface area contributed by atoms with Crippen LogP contribution in [0.1, 0.15) is 28.6 Å². The molecule has 1 heterocycles. The first-order chi connectivity index (χ1) is 16.0. The zero-order chi connectivity index (χ0) is 23.2. The fourth-order valence-electron chi connectivity index (χ4n) is 3.11. The number of benzene rings is 3. The Morgan fingerprint density at radius 1 is 1.12 bits per heavy atom. The molecule has 168 valence electrons. The minimum atomic E-state index is -0.454. The third kappa shape index (κ3) is 5.89. The predicted octanol–water partition coefficient (Wildman–Crippen LogP) is 5.92. The Bertz CT molecular complexity index is 1320. The highest BCUT2D eigenvalue weighted by molar-refractivity contribution is 14.1. The molecule has 8 heteroatoms. The van der Waals surface area contributed by atoms with Crippen LogP contribution in [-0.4, -0.2) is 18.7 Å². The van der Waals surface area contributed by atoms with Crippen molar-refractivity contribution in [1.82, 2.24) is 5.43 Å². The van der Waals surface area contributed by atoms with Gasteiger partial charge in [0.2, 0.25) is 0 Å². The number of ether oxygens (including phenoxy) is 2. The van der Waals surface area contributed by atoms with Crippen LogP contribution in [0.25, 0.3) is 11.0 Å². The molecule has 6 nitrogen and oxygen atoms in total. The lowest BCUT2D eigenvalue weighted by Gasteiger charge is -2.09. The van der Waals surface area contributed by atoms with E-state index < -0.39 is 5.91 Å². The SMILES string of the molecule is CCOc1ccc2oc(C(=O)N/N=C/c3ccc(OCc4cccc(F)c4)c(I)c3)cc2c1. The Kier molecular flexibility index (Phi) is 7.23. The summed E-state index contributed by atoms with van der Waals surface area (Å²) in [5.74, 6) is 0.803. The van der Waals surface area contributed by atoms with E-state index in [1.165, 1.54) is 18.3 Å². The number of hydrogen-bond donors (Lipinski definition) is 1. The highest BCUT2D eigenvalue weighted by Crippen LogP contribution is 2.25. The van der Waals surface area contributed by atoms with Crippen molar-refractivity contribution in [2.75, 3.05) is 6.61 Å². The quantitative estimate of drug-likeness (QED) is 0.166. The van der Waals surface area contributed by atoms with E-state index in [0.29, 0.717) is 23.7 Å². The van der Waals surface area contributed by atoms with Gasteiger partial charge in [-0.25, -0.2) is 9.82 Å². The second kappa shape index (κ2) is 10.5. The van der Waals surface area contributed by atoms with E-state index in [4.69, 9.17) is 13.9 Å². The molecule has 1 N–H and O–H groups in total. The monoisotopic (exact) mass is 558 g/mol. The van der Waals surface area contributed by atoms with Crippen LogP contribution in [0.15, 0.2) is 76.2 Å². The summed E-state index contributed by atoms with van der Waals surface area (Å²) in [6.07, 6.45) is 1.53. The zero-order valence-electron chi connectivity index (χ0n) is 17.7. The van der Waals surface area contributed by atoms with E-state index in [1.54, 1.807) is 36.4 Å². The van der Waals surface area contributed by atoms with Crippen molar-refractivity contribution in [3.8, 4) is 11.5 Å². The first-order valence-electron chi connectivity index (χ1n) is 10.2. The summed E-state index contributed by atoms with van der Waals surface area (Å²) in [7, 11) is 0. The number of fused-ring (bicyclic) bond motifs is 1. The molecule has 0 aliphatic heterocycles. The first kappa shape index (κ1) is 22.8. The Morgan fingerprint density at radius 3 is 2.79 bits per heavy atom. The number of hydrogen-bond acceptors (Lipinski definition) is 5. The summed E-state index contributed by atoms with van der Waals surface area (Å²) in [5, 5.41) is 4.79. The molecular weight excluding hydrogens is 538 g/mol. The molecular formula is C25H20FIN2O4. The summed E-state index contributed by atoms with van der Waals surface area (Å²) in [6, 6.07) is 18.8. The van der Waals surface area contributed by atoms with Crippen LogP contribution in [0.3, 0.4) is 0 Å². The Balaban J connectivity index is 1.36. The Hall–Kier alpha value is -3.40. The number of carbonyl (C=O) groups is 1. The fraction of sp³-hybridized carbons (Fsp3) is 0.120. The maximum absolute atomic E-state index is 13.3. The van der Waals surface area contributed by atoms with Gasteiger partial charge in [-0.2, -0.15) is 5.10 Å². The fourth-order valence-corrected chi connectivity index (χ4v) is 3.81. The molecule has 0 aliphatic carbocycles. The molecule has 0 unspecified atom stereocenters. The molecule has 0 spiro atoms. The van der Waals surface area contributed by atoms with Crippen LogP contribution >= 0.6 is 22.6 Å². The molecule has 1 aromatic heterocycles. The van der Waals surface area contributed by atoms with Gasteiger partial charge in [0.1, 0.15) is 29.5 Å². The lowest BCUT2D eigenvalue weighted by molar-refractivity contribution is 0.0929. The third-order valence-electron chi connectivity index (χ3n) is 4.64. The van der Waals surface area contributed by atoms with Crippen molar-refractivity contribution in [2.45, 2.75) is 13.5 Å². The maximum Gasteiger partial charge on any atom is 0.307 e. The zero-order valence-corrected chi connectivity index (χ0v) is 19.8. The predicted molar refractivity (Wildman–Crippen MR) is 132 cm³/mol. The minimum absolute atomic E-state index is 0.159. The van der Waals surface area contributed by atoms with Gasteiger partial charge in [0, 0.05) is 5.39 Å². The number of hydrazone groups is 1. The van der Waals surface area contributed by atoms with E-state index in [2.05, 4.69) is 33.1 Å². The van der Waals surface area contributed by atoms with E-state index in [1.807, 2.05) is 25.1 Å². The van der Waals surface area contributed by atoms with Crippen LogP contribution in [0, 0.1) is 9.39 Å². The van der Waals surface area contributed by atoms with Gasteiger partial charge < -0.3 is 13.9 Å². The van der Waals surface area contributed by atoms with Crippen molar-refractivity contribution in [2.24, 2.45) is 5.10 Å². The standard InChI is InChI=1S/C25H20FIN2O4/c1-2-31-20-7-9-22-18(12-20)13-24(33-22)25(30)29-28-14-16-6-8-23(21(27)11-16)32-15-17-4-3-5-19(26)10-17/h3-14H,2,15H2,1H3,(H,29,30)/b28-14+. The molecule has 1 amide bonds. The van der Waals surface area contributed by atoms with E-state index in [-0.39, 0.29) is 18.2 Å². The van der Waals surface area contributed by atoms with Crippen molar-refractivity contribution >= 4 is 45.7 Å². The number of amides is 1. The van der Waals surface area contributed by atoms with Gasteiger partial charge >= 0.3 is 5.91 Å². The van der Waals surface area contributed by atoms with E-state index in [9.17, 15) is 9.18 Å². The van der Waals surface area contributed by atoms with Crippen LogP contribution in [0.5, 0.6) is 11.5 Å². The first-order valence-corrected chi connectivity index (χ1v) is 11.3. The average Bonchev–Trinajstić information content (AvgIpc) is 3.22.